The molecule has 1 saturated heterocycles. The number of amides is 1. The number of hydrogen-bond acceptors (Lipinski definition) is 6. The quantitative estimate of drug-likeness (QED) is 0.742. The Balaban J connectivity index is 1.53. The third-order valence-corrected chi connectivity index (χ3v) is 6.78. The van der Waals surface area contributed by atoms with E-state index >= 15 is 0 Å². The Morgan fingerprint density at radius 2 is 1.83 bits per heavy atom. The molecule has 9 heteroatoms. The van der Waals surface area contributed by atoms with E-state index in [1.807, 2.05) is 17.9 Å². The highest BCUT2D eigenvalue weighted by atomic mass is 32.2. The number of sulfone groups is 1. The van der Waals surface area contributed by atoms with Crippen LogP contribution in [0.25, 0.3) is 11.2 Å². The summed E-state index contributed by atoms with van der Waals surface area (Å²) in [5.41, 5.74) is 3.02. The zero-order valence-electron chi connectivity index (χ0n) is 17.2. The van der Waals surface area contributed by atoms with Crippen LogP contribution in [-0.4, -0.2) is 83.4 Å². The molecule has 0 aliphatic carbocycles. The van der Waals surface area contributed by atoms with Crippen molar-refractivity contribution in [3.05, 3.63) is 23.1 Å². The molecule has 2 aromatic heterocycles. The molecule has 0 spiro atoms. The van der Waals surface area contributed by atoms with Crippen molar-refractivity contribution in [1.29, 1.82) is 0 Å². The second-order valence-corrected chi connectivity index (χ2v) is 10.5. The van der Waals surface area contributed by atoms with Crippen LogP contribution in [0.1, 0.15) is 41.1 Å². The lowest BCUT2D eigenvalue weighted by Crippen LogP contribution is -2.49. The molecule has 8 nitrogen and oxygen atoms in total. The number of imidazole rings is 1. The molecule has 0 unspecified atom stereocenters. The van der Waals surface area contributed by atoms with Gasteiger partial charge in [-0.15, -0.1) is 0 Å². The van der Waals surface area contributed by atoms with Gasteiger partial charge in [-0.2, -0.15) is 0 Å². The Hall–Kier alpha value is -2.00. The molecule has 0 saturated carbocycles. The average Bonchev–Trinajstić information content (AvgIpc) is 2.86. The van der Waals surface area contributed by atoms with Crippen molar-refractivity contribution in [2.24, 2.45) is 0 Å². The van der Waals surface area contributed by atoms with Gasteiger partial charge < -0.3 is 9.47 Å². The van der Waals surface area contributed by atoms with Crippen LogP contribution in [0, 0.1) is 6.92 Å². The number of nitrogens with zero attached hydrogens (tertiary/aromatic N) is 5. The number of carbonyl (C=O) groups excluding carboxylic acids is 1. The van der Waals surface area contributed by atoms with Gasteiger partial charge in [0.05, 0.1) is 11.3 Å². The lowest BCUT2D eigenvalue weighted by atomic mass is 10.1. The van der Waals surface area contributed by atoms with E-state index in [2.05, 4.69) is 9.47 Å². The normalized spacial score (nSPS) is 18.6. The smallest absolute Gasteiger partial charge is 0.256 e. The second-order valence-electron chi connectivity index (χ2n) is 8.24. The predicted molar refractivity (Wildman–Crippen MR) is 112 cm³/mol. The van der Waals surface area contributed by atoms with Crippen LogP contribution in [0.4, 0.5) is 0 Å². The molecule has 29 heavy (non-hydrogen) atoms. The number of carbonyl (C=O) groups is 1. The topological polar surface area (TPSA) is 88.4 Å². The number of rotatable bonds is 4. The van der Waals surface area contributed by atoms with E-state index in [0.717, 1.165) is 48.5 Å². The van der Waals surface area contributed by atoms with Crippen LogP contribution in [0.15, 0.2) is 6.07 Å². The minimum atomic E-state index is -2.97. The van der Waals surface area contributed by atoms with Crippen molar-refractivity contribution in [3.8, 4) is 0 Å². The van der Waals surface area contributed by atoms with Crippen molar-refractivity contribution < 1.29 is 13.2 Å². The summed E-state index contributed by atoms with van der Waals surface area (Å²) in [7, 11) is -2.97. The number of fused-ring (bicyclic) bond motifs is 3. The number of piperazine rings is 1. The van der Waals surface area contributed by atoms with Gasteiger partial charge in [-0.3, -0.25) is 9.69 Å². The number of aromatic nitrogens is 3. The zero-order chi connectivity index (χ0) is 20.6. The van der Waals surface area contributed by atoms with Crippen LogP contribution < -0.4 is 0 Å². The third kappa shape index (κ3) is 4.45. The van der Waals surface area contributed by atoms with E-state index in [1.165, 1.54) is 12.7 Å². The van der Waals surface area contributed by atoms with Crippen LogP contribution in [0.5, 0.6) is 0 Å². The van der Waals surface area contributed by atoms with E-state index in [0.29, 0.717) is 38.3 Å². The molecular weight excluding hydrogens is 390 g/mol. The first-order valence-electron chi connectivity index (χ1n) is 10.4. The average molecular weight is 420 g/mol. The molecule has 2 aliphatic rings. The SMILES string of the molecule is Cc1cc(C(=O)N2CCN(CCS(C)(=O)=O)CC2)c2nc3n(c2n1)CCCCC3. The van der Waals surface area contributed by atoms with Crippen molar-refractivity contribution in [3.63, 3.8) is 0 Å². The highest BCUT2D eigenvalue weighted by Gasteiger charge is 2.26. The Kier molecular flexibility index (Phi) is 5.61. The fourth-order valence-corrected chi connectivity index (χ4v) is 4.81. The molecule has 0 N–H and O–H groups in total. The maximum Gasteiger partial charge on any atom is 0.256 e. The van der Waals surface area contributed by atoms with Crippen LogP contribution >= 0.6 is 0 Å². The molecule has 0 radical (unpaired) electrons. The maximum absolute atomic E-state index is 13.3. The molecule has 0 aromatic carbocycles. The molecule has 4 heterocycles. The lowest BCUT2D eigenvalue weighted by molar-refractivity contribution is 0.0645. The van der Waals surface area contributed by atoms with Gasteiger partial charge in [0, 0.05) is 57.6 Å². The molecule has 0 atom stereocenters. The first-order chi connectivity index (χ1) is 13.8. The highest BCUT2D eigenvalue weighted by Crippen LogP contribution is 2.25. The van der Waals surface area contributed by atoms with Crippen LogP contribution in [-0.2, 0) is 22.8 Å². The van der Waals surface area contributed by atoms with E-state index in [1.54, 1.807) is 0 Å². The second kappa shape index (κ2) is 8.02. The van der Waals surface area contributed by atoms with Gasteiger partial charge in [0.25, 0.3) is 5.91 Å². The van der Waals surface area contributed by atoms with Gasteiger partial charge >= 0.3 is 0 Å². The predicted octanol–water partition coefficient (Wildman–Crippen LogP) is 1.27. The van der Waals surface area contributed by atoms with Gasteiger partial charge in [-0.05, 0) is 25.8 Å². The summed E-state index contributed by atoms with van der Waals surface area (Å²) in [6.07, 6.45) is 5.64. The largest absolute Gasteiger partial charge is 0.336 e. The van der Waals surface area contributed by atoms with E-state index in [4.69, 9.17) is 9.97 Å². The molecule has 4 rings (SSSR count). The fraction of sp³-hybridized carbons (Fsp3) is 0.650. The summed E-state index contributed by atoms with van der Waals surface area (Å²) >= 11 is 0. The molecule has 2 aromatic rings. The van der Waals surface area contributed by atoms with Crippen molar-refractivity contribution in [2.45, 2.75) is 39.2 Å². The Bertz CT molecular complexity index is 1020. The van der Waals surface area contributed by atoms with E-state index in [9.17, 15) is 13.2 Å². The third-order valence-electron chi connectivity index (χ3n) is 5.86. The standard InChI is InChI=1S/C20H29N5O3S/c1-15-14-16(18-19(21-15)25-7-5-3-4-6-17(25)22-18)20(26)24-10-8-23(9-11-24)12-13-29(2,27)28/h14H,3-13H2,1-2H3. The van der Waals surface area contributed by atoms with E-state index < -0.39 is 9.84 Å². The van der Waals surface area contributed by atoms with Gasteiger partial charge in [0.15, 0.2) is 5.65 Å². The minimum Gasteiger partial charge on any atom is -0.336 e. The summed E-state index contributed by atoms with van der Waals surface area (Å²) in [6, 6.07) is 1.85. The van der Waals surface area contributed by atoms with Crippen LogP contribution in [0.3, 0.4) is 0 Å². The van der Waals surface area contributed by atoms with Crippen LogP contribution in [0.2, 0.25) is 0 Å². The van der Waals surface area contributed by atoms with Crippen molar-refractivity contribution in [1.82, 2.24) is 24.3 Å². The number of hydrogen-bond donors (Lipinski definition) is 0. The molecule has 2 aliphatic heterocycles. The maximum atomic E-state index is 13.3. The highest BCUT2D eigenvalue weighted by molar-refractivity contribution is 7.90. The Labute approximate surface area is 171 Å². The van der Waals surface area contributed by atoms with Crippen molar-refractivity contribution >= 4 is 26.9 Å². The molecule has 0 bridgehead atoms. The van der Waals surface area contributed by atoms with Gasteiger partial charge in [0.1, 0.15) is 21.2 Å². The monoisotopic (exact) mass is 419 g/mol. The molecule has 1 amide bonds. The minimum absolute atomic E-state index is 0.00322. The van der Waals surface area contributed by atoms with E-state index in [-0.39, 0.29) is 11.7 Å². The summed E-state index contributed by atoms with van der Waals surface area (Å²) in [5, 5.41) is 0. The summed E-state index contributed by atoms with van der Waals surface area (Å²) in [4.78, 5) is 26.8. The first kappa shape index (κ1) is 20.3. The summed E-state index contributed by atoms with van der Waals surface area (Å²) in [6.45, 7) is 5.93. The molecular formula is C20H29N5O3S. The number of pyridine rings is 1. The van der Waals surface area contributed by atoms with Crippen molar-refractivity contribution in [2.75, 3.05) is 44.7 Å². The summed E-state index contributed by atoms with van der Waals surface area (Å²) < 4.78 is 25.0. The fourth-order valence-electron chi connectivity index (χ4n) is 4.22. The lowest BCUT2D eigenvalue weighted by Gasteiger charge is -2.34. The van der Waals surface area contributed by atoms with Gasteiger partial charge in [-0.1, -0.05) is 6.42 Å². The zero-order valence-corrected chi connectivity index (χ0v) is 18.0. The van der Waals surface area contributed by atoms with Gasteiger partial charge in [-0.25, -0.2) is 18.4 Å². The molecule has 158 valence electrons. The molecule has 1 fully saturated rings. The first-order valence-corrected chi connectivity index (χ1v) is 12.4. The van der Waals surface area contributed by atoms with Gasteiger partial charge in [0.2, 0.25) is 0 Å². The Morgan fingerprint density at radius 1 is 1.07 bits per heavy atom. The number of aryl methyl sites for hydroxylation is 3. The summed E-state index contributed by atoms with van der Waals surface area (Å²) in [5.74, 6) is 1.19. The Morgan fingerprint density at radius 3 is 2.55 bits per heavy atom.